The van der Waals surface area contributed by atoms with Crippen LogP contribution in [0.15, 0.2) is 54.9 Å². The lowest BCUT2D eigenvalue weighted by Gasteiger charge is -2.23. The maximum Gasteiger partial charge on any atom is 0.316 e. The number of anilines is 1. The Labute approximate surface area is 178 Å². The van der Waals surface area contributed by atoms with Gasteiger partial charge in [-0.15, -0.1) is 11.3 Å². The number of piperidine rings is 1. The van der Waals surface area contributed by atoms with Crippen molar-refractivity contribution in [2.45, 2.75) is 18.9 Å². The molecule has 4 rings (SSSR count). The van der Waals surface area contributed by atoms with Crippen molar-refractivity contribution >= 4 is 29.0 Å². The predicted octanol–water partition coefficient (Wildman–Crippen LogP) is 3.45. The number of urea groups is 1. The van der Waals surface area contributed by atoms with Crippen molar-refractivity contribution in [3.63, 3.8) is 0 Å². The summed E-state index contributed by atoms with van der Waals surface area (Å²) in [5.41, 5.74) is 8.87. The van der Waals surface area contributed by atoms with Crippen LogP contribution in [0.5, 0.6) is 0 Å². The maximum atomic E-state index is 12.9. The van der Waals surface area contributed by atoms with Crippen molar-refractivity contribution in [1.82, 2.24) is 15.6 Å². The monoisotopic (exact) mass is 421 g/mol. The van der Waals surface area contributed by atoms with Crippen molar-refractivity contribution in [2.75, 3.05) is 18.4 Å². The third-order valence-corrected chi connectivity index (χ3v) is 6.19. The van der Waals surface area contributed by atoms with Gasteiger partial charge in [0.25, 0.3) is 5.91 Å². The second-order valence-electron chi connectivity index (χ2n) is 7.17. The number of carbonyl (C=O) groups excluding carboxylic acids is 2. The summed E-state index contributed by atoms with van der Waals surface area (Å²) >= 11 is 1.34. The molecule has 0 radical (unpaired) electrons. The van der Waals surface area contributed by atoms with Gasteiger partial charge in [-0.05, 0) is 54.3 Å². The van der Waals surface area contributed by atoms with Crippen molar-refractivity contribution < 1.29 is 9.59 Å². The number of thiophene rings is 1. The van der Waals surface area contributed by atoms with E-state index in [9.17, 15) is 9.59 Å². The number of carbonyl (C=O) groups is 2. The molecule has 2 aromatic heterocycles. The highest BCUT2D eigenvalue weighted by molar-refractivity contribution is 7.18. The van der Waals surface area contributed by atoms with Crippen LogP contribution in [0.3, 0.4) is 0 Å². The highest BCUT2D eigenvalue weighted by Gasteiger charge is 2.22. The lowest BCUT2D eigenvalue weighted by atomic mass is 10.0. The molecular formula is C22H23N5O2S. The number of benzene rings is 1. The average Bonchev–Trinajstić information content (AvgIpc) is 3.18. The molecular weight excluding hydrogens is 398 g/mol. The summed E-state index contributed by atoms with van der Waals surface area (Å²) < 4.78 is 0. The molecule has 154 valence electrons. The van der Waals surface area contributed by atoms with E-state index in [1.54, 1.807) is 18.5 Å². The molecule has 30 heavy (non-hydrogen) atoms. The van der Waals surface area contributed by atoms with E-state index in [0.29, 0.717) is 10.6 Å². The third-order valence-electron chi connectivity index (χ3n) is 5.01. The molecule has 0 spiro atoms. The summed E-state index contributed by atoms with van der Waals surface area (Å²) in [7, 11) is 0. The number of nitrogens with two attached hydrogens (primary N) is 1. The molecule has 1 aliphatic heterocycles. The van der Waals surface area contributed by atoms with Gasteiger partial charge in [-0.2, -0.15) is 0 Å². The van der Waals surface area contributed by atoms with Gasteiger partial charge in [0.05, 0.1) is 5.69 Å². The van der Waals surface area contributed by atoms with Crippen molar-refractivity contribution in [1.29, 1.82) is 0 Å². The minimum atomic E-state index is -0.694. The van der Waals surface area contributed by atoms with Gasteiger partial charge in [0.1, 0.15) is 4.88 Å². The van der Waals surface area contributed by atoms with Crippen LogP contribution in [-0.2, 0) is 0 Å². The molecule has 1 aliphatic rings. The Hall–Kier alpha value is -3.23. The number of hydrogen-bond donors (Lipinski definition) is 4. The predicted molar refractivity (Wildman–Crippen MR) is 120 cm³/mol. The lowest BCUT2D eigenvalue weighted by molar-refractivity contribution is 0.0935. The number of amides is 3. The second kappa shape index (κ2) is 9.06. The Bertz CT molecular complexity index is 1030. The largest absolute Gasteiger partial charge is 0.351 e. The molecule has 8 heteroatoms. The molecule has 0 saturated carbocycles. The number of aromatic nitrogens is 1. The summed E-state index contributed by atoms with van der Waals surface area (Å²) in [6.07, 6.45) is 5.48. The first-order valence-corrected chi connectivity index (χ1v) is 10.6. The van der Waals surface area contributed by atoms with Crippen LogP contribution < -0.4 is 21.7 Å². The van der Waals surface area contributed by atoms with E-state index in [0.717, 1.165) is 47.5 Å². The number of nitrogens with one attached hydrogen (secondary N) is 3. The highest BCUT2D eigenvalue weighted by Crippen LogP contribution is 2.36. The highest BCUT2D eigenvalue weighted by atomic mass is 32.1. The third kappa shape index (κ3) is 4.67. The number of hydrogen-bond acceptors (Lipinski definition) is 5. The number of nitrogens with zero attached hydrogens (tertiary/aromatic N) is 1. The smallest absolute Gasteiger partial charge is 0.316 e. The lowest BCUT2D eigenvalue weighted by Crippen LogP contribution is -2.45. The van der Waals surface area contributed by atoms with Crippen LogP contribution in [0, 0.1) is 0 Å². The molecule has 7 nitrogen and oxygen atoms in total. The molecule has 0 aliphatic carbocycles. The van der Waals surface area contributed by atoms with Gasteiger partial charge >= 0.3 is 6.03 Å². The molecule has 1 saturated heterocycles. The van der Waals surface area contributed by atoms with E-state index < -0.39 is 6.03 Å². The van der Waals surface area contributed by atoms with Crippen molar-refractivity contribution in [3.8, 4) is 21.6 Å². The number of primary amides is 1. The summed E-state index contributed by atoms with van der Waals surface area (Å²) in [4.78, 5) is 29.7. The zero-order valence-corrected chi connectivity index (χ0v) is 17.2. The van der Waals surface area contributed by atoms with Gasteiger partial charge in [0.2, 0.25) is 0 Å². The van der Waals surface area contributed by atoms with E-state index in [1.165, 1.54) is 11.3 Å². The Balaban J connectivity index is 1.59. The quantitative estimate of drug-likeness (QED) is 0.506. The van der Waals surface area contributed by atoms with Crippen molar-refractivity contribution in [2.24, 2.45) is 5.73 Å². The van der Waals surface area contributed by atoms with Crippen LogP contribution in [0.1, 0.15) is 22.5 Å². The SMILES string of the molecule is NC(=O)Nc1cc(-c2ccc(-c3ccncc3)cc2)sc1C(=O)NC1CCCNC1. The second-order valence-corrected chi connectivity index (χ2v) is 8.22. The first kappa shape index (κ1) is 20.1. The van der Waals surface area contributed by atoms with Crippen LogP contribution in [0.25, 0.3) is 21.6 Å². The van der Waals surface area contributed by atoms with E-state index in [1.807, 2.05) is 36.4 Å². The molecule has 1 unspecified atom stereocenters. The van der Waals surface area contributed by atoms with Crippen molar-refractivity contribution in [3.05, 3.63) is 59.7 Å². The van der Waals surface area contributed by atoms with E-state index >= 15 is 0 Å². The number of rotatable bonds is 5. The fourth-order valence-corrected chi connectivity index (χ4v) is 4.55. The molecule has 3 aromatic rings. The molecule has 1 aromatic carbocycles. The van der Waals surface area contributed by atoms with Crippen LogP contribution >= 0.6 is 11.3 Å². The van der Waals surface area contributed by atoms with E-state index in [-0.39, 0.29) is 11.9 Å². The summed E-state index contributed by atoms with van der Waals surface area (Å²) in [6, 6.07) is 13.2. The van der Waals surface area contributed by atoms with Gasteiger partial charge in [0, 0.05) is 29.9 Å². The zero-order chi connectivity index (χ0) is 20.9. The maximum absolute atomic E-state index is 12.9. The normalized spacial score (nSPS) is 16.1. The van der Waals surface area contributed by atoms with Gasteiger partial charge in [-0.1, -0.05) is 24.3 Å². The fraction of sp³-hybridized carbons (Fsp3) is 0.227. The first-order valence-electron chi connectivity index (χ1n) is 9.83. The topological polar surface area (TPSA) is 109 Å². The van der Waals surface area contributed by atoms with Gasteiger partial charge in [0.15, 0.2) is 0 Å². The van der Waals surface area contributed by atoms with Gasteiger partial charge < -0.3 is 21.7 Å². The number of pyridine rings is 1. The standard InChI is InChI=1S/C22H23N5O2S/c23-22(29)27-18-12-19(30-20(18)21(28)26-17-2-1-9-25-13-17)16-5-3-14(4-6-16)15-7-10-24-11-8-15/h3-8,10-12,17,25H,1-2,9,13H2,(H,26,28)(H3,23,27,29). The van der Waals surface area contributed by atoms with Gasteiger partial charge in [-0.3, -0.25) is 9.78 Å². The Morgan fingerprint density at radius 2 is 1.77 bits per heavy atom. The Morgan fingerprint density at radius 3 is 2.43 bits per heavy atom. The summed E-state index contributed by atoms with van der Waals surface area (Å²) in [5, 5.41) is 8.92. The minimum Gasteiger partial charge on any atom is -0.351 e. The molecule has 1 fully saturated rings. The summed E-state index contributed by atoms with van der Waals surface area (Å²) in [6.45, 7) is 1.72. The Kier molecular flexibility index (Phi) is 6.06. The van der Waals surface area contributed by atoms with E-state index in [2.05, 4.69) is 20.9 Å². The minimum absolute atomic E-state index is 0.0814. The molecule has 5 N–H and O–H groups in total. The summed E-state index contributed by atoms with van der Waals surface area (Å²) in [5.74, 6) is -0.197. The molecule has 3 heterocycles. The molecule has 0 bridgehead atoms. The van der Waals surface area contributed by atoms with Crippen LogP contribution in [0.4, 0.5) is 10.5 Å². The fourth-order valence-electron chi connectivity index (χ4n) is 3.52. The average molecular weight is 422 g/mol. The zero-order valence-electron chi connectivity index (χ0n) is 16.4. The molecule has 3 amide bonds. The first-order chi connectivity index (χ1) is 14.6. The van der Waals surface area contributed by atoms with Crippen LogP contribution in [-0.4, -0.2) is 36.1 Å². The Morgan fingerprint density at radius 1 is 1.07 bits per heavy atom. The van der Waals surface area contributed by atoms with Crippen LogP contribution in [0.2, 0.25) is 0 Å². The van der Waals surface area contributed by atoms with E-state index in [4.69, 9.17) is 5.73 Å². The van der Waals surface area contributed by atoms with Gasteiger partial charge in [-0.25, -0.2) is 4.79 Å². The molecule has 1 atom stereocenters.